The van der Waals surface area contributed by atoms with Crippen LogP contribution in [0.4, 0.5) is 13.2 Å². The Bertz CT molecular complexity index is 622. The number of aryl methyl sites for hydroxylation is 1. The van der Waals surface area contributed by atoms with Crippen LogP contribution in [0.3, 0.4) is 0 Å². The van der Waals surface area contributed by atoms with Crippen LogP contribution in [0.25, 0.3) is 10.2 Å². The van der Waals surface area contributed by atoms with Gasteiger partial charge >= 0.3 is 12.1 Å². The number of halogens is 3. The van der Waals surface area contributed by atoms with E-state index in [0.717, 1.165) is 17.1 Å². The van der Waals surface area contributed by atoms with Gasteiger partial charge in [0, 0.05) is 6.42 Å². The summed E-state index contributed by atoms with van der Waals surface area (Å²) in [5.74, 6) is -0.843. The Morgan fingerprint density at radius 1 is 1.30 bits per heavy atom. The Morgan fingerprint density at radius 3 is 2.70 bits per heavy atom. The molecule has 1 N–H and O–H groups in total. The Labute approximate surface area is 117 Å². The van der Waals surface area contributed by atoms with Crippen molar-refractivity contribution >= 4 is 27.5 Å². The topological polar surface area (TPSA) is 50.2 Å². The van der Waals surface area contributed by atoms with E-state index >= 15 is 0 Å². The van der Waals surface area contributed by atoms with E-state index in [1.807, 2.05) is 0 Å². The van der Waals surface area contributed by atoms with Crippen molar-refractivity contribution < 1.29 is 23.1 Å². The summed E-state index contributed by atoms with van der Waals surface area (Å²) < 4.78 is 38.4. The lowest BCUT2D eigenvalue weighted by Gasteiger charge is -2.04. The van der Waals surface area contributed by atoms with E-state index in [0.29, 0.717) is 29.5 Å². The Hall–Kier alpha value is -1.63. The zero-order valence-corrected chi connectivity index (χ0v) is 11.2. The van der Waals surface area contributed by atoms with Gasteiger partial charge in [0.15, 0.2) is 0 Å². The fourth-order valence-corrected chi connectivity index (χ4v) is 2.80. The summed E-state index contributed by atoms with van der Waals surface area (Å²) in [6.07, 6.45) is -2.46. The van der Waals surface area contributed by atoms with Gasteiger partial charge in [0.25, 0.3) is 0 Å². The predicted molar refractivity (Wildman–Crippen MR) is 69.8 cm³/mol. The third-order valence-corrected chi connectivity index (χ3v) is 3.89. The van der Waals surface area contributed by atoms with Gasteiger partial charge in [-0.05, 0) is 37.5 Å². The second-order valence-electron chi connectivity index (χ2n) is 4.39. The van der Waals surface area contributed by atoms with Crippen LogP contribution in [0.1, 0.15) is 29.8 Å². The van der Waals surface area contributed by atoms with Crippen LogP contribution in [-0.4, -0.2) is 16.1 Å². The first-order valence-electron chi connectivity index (χ1n) is 6.05. The first-order chi connectivity index (χ1) is 9.36. The summed E-state index contributed by atoms with van der Waals surface area (Å²) in [6.45, 7) is 0. The van der Waals surface area contributed by atoms with Gasteiger partial charge in [-0.15, -0.1) is 11.3 Å². The maximum atomic E-state index is 12.6. The SMILES string of the molecule is O=C(O)CCCCc1nc2cc(C(F)(F)F)ccc2s1. The van der Waals surface area contributed by atoms with Crippen molar-refractivity contribution in [3.05, 3.63) is 28.8 Å². The van der Waals surface area contributed by atoms with Gasteiger partial charge in [-0.2, -0.15) is 13.2 Å². The smallest absolute Gasteiger partial charge is 0.416 e. The molecular weight excluding hydrogens is 291 g/mol. The van der Waals surface area contributed by atoms with E-state index in [9.17, 15) is 18.0 Å². The molecule has 108 valence electrons. The largest absolute Gasteiger partial charge is 0.481 e. The third kappa shape index (κ3) is 3.69. The molecule has 7 heteroatoms. The van der Waals surface area contributed by atoms with Gasteiger partial charge in [-0.3, -0.25) is 4.79 Å². The minimum Gasteiger partial charge on any atom is -0.481 e. The number of carboxylic acids is 1. The summed E-state index contributed by atoms with van der Waals surface area (Å²) in [5, 5.41) is 9.25. The molecule has 1 aromatic heterocycles. The predicted octanol–water partition coefficient (Wildman–Crippen LogP) is 4.11. The number of unbranched alkanes of at least 4 members (excludes halogenated alkanes) is 1. The van der Waals surface area contributed by atoms with Crippen molar-refractivity contribution in [3.63, 3.8) is 0 Å². The highest BCUT2D eigenvalue weighted by Crippen LogP contribution is 2.33. The van der Waals surface area contributed by atoms with Crippen molar-refractivity contribution in [2.45, 2.75) is 31.9 Å². The van der Waals surface area contributed by atoms with Crippen LogP contribution < -0.4 is 0 Å². The van der Waals surface area contributed by atoms with E-state index in [-0.39, 0.29) is 6.42 Å². The standard InChI is InChI=1S/C13H12F3NO2S/c14-13(15,16)8-5-6-10-9(7-8)17-11(20-10)3-1-2-4-12(18)19/h5-7H,1-4H2,(H,18,19). The number of benzene rings is 1. The zero-order chi connectivity index (χ0) is 14.8. The number of alkyl halides is 3. The molecule has 0 amide bonds. The Balaban J connectivity index is 2.07. The number of hydrogen-bond donors (Lipinski definition) is 1. The molecular formula is C13H12F3NO2S. The molecule has 0 aliphatic rings. The number of carbonyl (C=O) groups is 1. The fourth-order valence-electron chi connectivity index (χ4n) is 1.81. The third-order valence-electron chi connectivity index (χ3n) is 2.79. The first-order valence-corrected chi connectivity index (χ1v) is 6.86. The first kappa shape index (κ1) is 14.8. The maximum absolute atomic E-state index is 12.6. The summed E-state index contributed by atoms with van der Waals surface area (Å²) >= 11 is 1.35. The minimum atomic E-state index is -4.36. The quantitative estimate of drug-likeness (QED) is 0.846. The molecule has 1 aromatic carbocycles. The molecule has 0 spiro atoms. The van der Waals surface area contributed by atoms with Gasteiger partial charge in [-0.1, -0.05) is 0 Å². The van der Waals surface area contributed by atoms with Crippen molar-refractivity contribution in [1.29, 1.82) is 0 Å². The van der Waals surface area contributed by atoms with Gasteiger partial charge < -0.3 is 5.11 Å². The van der Waals surface area contributed by atoms with Crippen molar-refractivity contribution in [3.8, 4) is 0 Å². The lowest BCUT2D eigenvalue weighted by molar-refractivity contribution is -0.138. The highest BCUT2D eigenvalue weighted by atomic mass is 32.1. The van der Waals surface area contributed by atoms with Crippen LogP contribution in [0.15, 0.2) is 18.2 Å². The highest BCUT2D eigenvalue weighted by Gasteiger charge is 2.30. The lowest BCUT2D eigenvalue weighted by atomic mass is 10.2. The van der Waals surface area contributed by atoms with Crippen LogP contribution in [0.5, 0.6) is 0 Å². The van der Waals surface area contributed by atoms with Crippen molar-refractivity contribution in [2.75, 3.05) is 0 Å². The molecule has 0 bridgehead atoms. The average molecular weight is 303 g/mol. The highest BCUT2D eigenvalue weighted by molar-refractivity contribution is 7.18. The molecule has 0 atom stereocenters. The Kier molecular flexibility index (Phi) is 4.27. The molecule has 0 aliphatic carbocycles. The summed E-state index contributed by atoms with van der Waals surface area (Å²) in [7, 11) is 0. The van der Waals surface area contributed by atoms with E-state index in [2.05, 4.69) is 4.98 Å². The van der Waals surface area contributed by atoms with Gasteiger partial charge in [-0.25, -0.2) is 4.98 Å². The van der Waals surface area contributed by atoms with E-state index in [4.69, 9.17) is 5.11 Å². The minimum absolute atomic E-state index is 0.100. The second kappa shape index (κ2) is 5.78. The molecule has 0 fully saturated rings. The van der Waals surface area contributed by atoms with E-state index in [1.54, 1.807) is 0 Å². The fraction of sp³-hybridized carbons (Fsp3) is 0.385. The van der Waals surface area contributed by atoms with Crippen molar-refractivity contribution in [1.82, 2.24) is 4.98 Å². The van der Waals surface area contributed by atoms with Crippen molar-refractivity contribution in [2.24, 2.45) is 0 Å². The molecule has 20 heavy (non-hydrogen) atoms. The number of nitrogens with zero attached hydrogens (tertiary/aromatic N) is 1. The Morgan fingerprint density at radius 2 is 2.05 bits per heavy atom. The second-order valence-corrected chi connectivity index (χ2v) is 5.50. The number of hydrogen-bond acceptors (Lipinski definition) is 3. The monoisotopic (exact) mass is 303 g/mol. The van der Waals surface area contributed by atoms with Crippen LogP contribution in [-0.2, 0) is 17.4 Å². The molecule has 2 rings (SSSR count). The maximum Gasteiger partial charge on any atom is 0.416 e. The number of aromatic nitrogens is 1. The van der Waals surface area contributed by atoms with Gasteiger partial charge in [0.2, 0.25) is 0 Å². The summed E-state index contributed by atoms with van der Waals surface area (Å²) in [6, 6.07) is 3.53. The van der Waals surface area contributed by atoms with E-state index < -0.39 is 17.7 Å². The average Bonchev–Trinajstić information content (AvgIpc) is 2.74. The number of aliphatic carboxylic acids is 1. The molecule has 0 saturated heterocycles. The molecule has 0 radical (unpaired) electrons. The van der Waals surface area contributed by atoms with E-state index in [1.165, 1.54) is 17.4 Å². The molecule has 1 heterocycles. The van der Waals surface area contributed by atoms with Crippen LogP contribution in [0.2, 0.25) is 0 Å². The molecule has 0 aliphatic heterocycles. The van der Waals surface area contributed by atoms with Crippen LogP contribution in [0, 0.1) is 0 Å². The zero-order valence-electron chi connectivity index (χ0n) is 10.4. The normalized spacial score (nSPS) is 11.9. The molecule has 3 nitrogen and oxygen atoms in total. The number of fused-ring (bicyclic) bond motifs is 1. The van der Waals surface area contributed by atoms with Gasteiger partial charge in [0.1, 0.15) is 0 Å². The number of rotatable bonds is 5. The van der Waals surface area contributed by atoms with Gasteiger partial charge in [0.05, 0.1) is 20.8 Å². The lowest BCUT2D eigenvalue weighted by Crippen LogP contribution is -2.03. The number of thiazole rings is 1. The summed E-state index contributed by atoms with van der Waals surface area (Å²) in [4.78, 5) is 14.5. The molecule has 2 aromatic rings. The molecule has 0 unspecified atom stereocenters. The number of carboxylic acid groups (broad SMARTS) is 1. The van der Waals surface area contributed by atoms with Crippen LogP contribution >= 0.6 is 11.3 Å². The molecule has 0 saturated carbocycles. The summed E-state index contributed by atoms with van der Waals surface area (Å²) in [5.41, 5.74) is -0.356.